The molecule has 0 fully saturated rings. The average molecular weight is 386 g/mol. The van der Waals surface area contributed by atoms with Crippen molar-refractivity contribution in [3.63, 3.8) is 0 Å². The number of hydrogen-bond acceptors (Lipinski definition) is 5. The third-order valence-electron chi connectivity index (χ3n) is 3.58. The van der Waals surface area contributed by atoms with Crippen molar-refractivity contribution in [2.45, 2.75) is 10.8 Å². The third-order valence-corrected chi connectivity index (χ3v) is 4.77. The van der Waals surface area contributed by atoms with E-state index in [1.54, 1.807) is 30.4 Å². The predicted molar refractivity (Wildman–Crippen MR) is 104 cm³/mol. The topological polar surface area (TPSA) is 67.9 Å². The molecule has 3 rings (SSSR count). The number of methoxy groups -OCH3 is 1. The second kappa shape index (κ2) is 8.69. The number of benzene rings is 1. The summed E-state index contributed by atoms with van der Waals surface area (Å²) >= 11 is 7.47. The van der Waals surface area contributed by atoms with E-state index >= 15 is 0 Å². The van der Waals surface area contributed by atoms with Crippen LogP contribution in [0.3, 0.4) is 0 Å². The zero-order chi connectivity index (χ0) is 18.4. The first-order valence-corrected chi connectivity index (χ1v) is 9.15. The Morgan fingerprint density at radius 1 is 1.23 bits per heavy atom. The number of halogens is 1. The van der Waals surface area contributed by atoms with Crippen LogP contribution in [0.5, 0.6) is 0 Å². The molecule has 0 bridgehead atoms. The Hall–Kier alpha value is -2.57. The summed E-state index contributed by atoms with van der Waals surface area (Å²) in [6, 6.07) is 11.5. The smallest absolute Gasteiger partial charge is 0.330 e. The van der Waals surface area contributed by atoms with E-state index in [9.17, 15) is 4.79 Å². The number of carbonyl (C=O) groups is 1. The molecule has 1 aromatic carbocycles. The Labute approximate surface area is 160 Å². The van der Waals surface area contributed by atoms with Crippen molar-refractivity contribution in [3.8, 4) is 11.3 Å². The number of nitrogens with one attached hydrogen (secondary N) is 1. The van der Waals surface area contributed by atoms with Gasteiger partial charge in [-0.25, -0.2) is 14.8 Å². The Morgan fingerprint density at radius 2 is 2.04 bits per heavy atom. The maximum absolute atomic E-state index is 11.2. The van der Waals surface area contributed by atoms with Gasteiger partial charge in [-0.1, -0.05) is 35.9 Å². The van der Waals surface area contributed by atoms with E-state index in [1.807, 2.05) is 36.4 Å². The number of thioether (sulfide) groups is 1. The van der Waals surface area contributed by atoms with Crippen LogP contribution < -0.4 is 0 Å². The first-order valence-electron chi connectivity index (χ1n) is 7.79. The fourth-order valence-electron chi connectivity index (χ4n) is 2.26. The van der Waals surface area contributed by atoms with Crippen LogP contribution in [0.2, 0.25) is 5.02 Å². The Balaban J connectivity index is 1.70. The minimum absolute atomic E-state index is 0.378. The van der Waals surface area contributed by atoms with Gasteiger partial charge in [-0.05, 0) is 23.8 Å². The molecular weight excluding hydrogens is 370 g/mol. The fraction of sp³-hybridized carbons (Fsp3) is 0.105. The lowest BCUT2D eigenvalue weighted by atomic mass is 10.1. The Kier molecular flexibility index (Phi) is 6.09. The SMILES string of the molecule is COC(=O)C=Cc1ccc(-c2nc[nH]c2CSc2ccc(Cl)cn2)cc1. The molecule has 0 aliphatic heterocycles. The second-order valence-electron chi connectivity index (χ2n) is 5.31. The van der Waals surface area contributed by atoms with Gasteiger partial charge >= 0.3 is 5.97 Å². The van der Waals surface area contributed by atoms with Gasteiger partial charge in [0.15, 0.2) is 0 Å². The minimum Gasteiger partial charge on any atom is -0.466 e. The van der Waals surface area contributed by atoms with E-state index in [1.165, 1.54) is 13.2 Å². The number of esters is 1. The largest absolute Gasteiger partial charge is 0.466 e. The van der Waals surface area contributed by atoms with Gasteiger partial charge in [0, 0.05) is 23.6 Å². The van der Waals surface area contributed by atoms with Gasteiger partial charge in [-0.2, -0.15) is 0 Å². The van der Waals surface area contributed by atoms with Crippen molar-refractivity contribution < 1.29 is 9.53 Å². The van der Waals surface area contributed by atoms with Crippen molar-refractivity contribution in [1.29, 1.82) is 0 Å². The molecule has 0 spiro atoms. The van der Waals surface area contributed by atoms with E-state index < -0.39 is 0 Å². The Bertz CT molecular complexity index is 905. The van der Waals surface area contributed by atoms with E-state index in [-0.39, 0.29) is 5.97 Å². The van der Waals surface area contributed by atoms with Crippen LogP contribution in [-0.2, 0) is 15.3 Å². The minimum atomic E-state index is -0.378. The molecule has 2 aromatic heterocycles. The fourth-order valence-corrected chi connectivity index (χ4v) is 3.17. The molecule has 0 atom stereocenters. The van der Waals surface area contributed by atoms with Gasteiger partial charge in [0.05, 0.1) is 34.9 Å². The highest BCUT2D eigenvalue weighted by atomic mass is 35.5. The number of aromatic amines is 1. The van der Waals surface area contributed by atoms with Gasteiger partial charge in [0.1, 0.15) is 0 Å². The standard InChI is InChI=1S/C19H16ClN3O2S/c1-25-18(24)9-4-13-2-5-14(6-3-13)19-16(22-12-23-19)11-26-17-8-7-15(20)10-21-17/h2-10,12H,11H2,1H3,(H,22,23). The van der Waals surface area contributed by atoms with Crippen molar-refractivity contribution >= 4 is 35.4 Å². The monoisotopic (exact) mass is 385 g/mol. The number of aromatic nitrogens is 3. The lowest BCUT2D eigenvalue weighted by molar-refractivity contribution is -0.134. The van der Waals surface area contributed by atoms with Gasteiger partial charge < -0.3 is 9.72 Å². The molecule has 132 valence electrons. The number of H-pyrrole nitrogens is 1. The van der Waals surface area contributed by atoms with Crippen LogP contribution in [0.25, 0.3) is 17.3 Å². The maximum atomic E-state index is 11.2. The lowest BCUT2D eigenvalue weighted by Gasteiger charge is -2.04. The summed E-state index contributed by atoms with van der Waals surface area (Å²) in [5, 5.41) is 1.52. The highest BCUT2D eigenvalue weighted by Gasteiger charge is 2.09. The molecule has 0 unspecified atom stereocenters. The van der Waals surface area contributed by atoms with Crippen LogP contribution in [-0.4, -0.2) is 28.0 Å². The summed E-state index contributed by atoms with van der Waals surface area (Å²) in [5.41, 5.74) is 3.83. The predicted octanol–water partition coefficient (Wildman–Crippen LogP) is 4.60. The first kappa shape index (κ1) is 18.2. The molecule has 0 aliphatic rings. The number of rotatable bonds is 6. The third kappa shape index (κ3) is 4.74. The quantitative estimate of drug-likeness (QED) is 0.381. The normalized spacial score (nSPS) is 11.0. The average Bonchev–Trinajstić information content (AvgIpc) is 3.14. The molecular formula is C19H16ClN3O2S. The van der Waals surface area contributed by atoms with Crippen molar-refractivity contribution in [3.05, 3.63) is 71.3 Å². The molecule has 0 amide bonds. The number of ether oxygens (including phenoxy) is 1. The number of pyridine rings is 1. The van der Waals surface area contributed by atoms with Crippen LogP contribution in [0, 0.1) is 0 Å². The van der Waals surface area contributed by atoms with E-state index in [2.05, 4.69) is 19.7 Å². The summed E-state index contributed by atoms with van der Waals surface area (Å²) < 4.78 is 4.59. The molecule has 0 radical (unpaired) electrons. The first-order chi connectivity index (χ1) is 12.7. The summed E-state index contributed by atoms with van der Waals surface area (Å²) in [7, 11) is 1.35. The molecule has 1 N–H and O–H groups in total. The van der Waals surface area contributed by atoms with Crippen molar-refractivity contribution in [1.82, 2.24) is 15.0 Å². The van der Waals surface area contributed by atoms with Crippen LogP contribution in [0.4, 0.5) is 0 Å². The van der Waals surface area contributed by atoms with Gasteiger partial charge in [0.25, 0.3) is 0 Å². The zero-order valence-corrected chi connectivity index (χ0v) is 15.6. The second-order valence-corrected chi connectivity index (χ2v) is 6.74. The number of carbonyl (C=O) groups excluding carboxylic acids is 1. The highest BCUT2D eigenvalue weighted by Crippen LogP contribution is 2.27. The highest BCUT2D eigenvalue weighted by molar-refractivity contribution is 7.98. The molecule has 0 saturated heterocycles. The van der Waals surface area contributed by atoms with Crippen molar-refractivity contribution in [2.75, 3.05) is 7.11 Å². The number of nitrogens with zero attached hydrogens (tertiary/aromatic N) is 2. The summed E-state index contributed by atoms with van der Waals surface area (Å²) in [5.74, 6) is 0.338. The molecule has 5 nitrogen and oxygen atoms in total. The van der Waals surface area contributed by atoms with Gasteiger partial charge in [-0.3, -0.25) is 0 Å². The molecule has 3 aromatic rings. The van der Waals surface area contributed by atoms with Crippen molar-refractivity contribution in [2.24, 2.45) is 0 Å². The van der Waals surface area contributed by atoms with Gasteiger partial charge in [-0.15, -0.1) is 11.8 Å². The molecule has 0 aliphatic carbocycles. The van der Waals surface area contributed by atoms with E-state index in [0.717, 1.165) is 27.5 Å². The molecule has 26 heavy (non-hydrogen) atoms. The van der Waals surface area contributed by atoms with E-state index in [4.69, 9.17) is 11.6 Å². The van der Waals surface area contributed by atoms with E-state index in [0.29, 0.717) is 10.8 Å². The number of hydrogen-bond donors (Lipinski definition) is 1. The summed E-state index contributed by atoms with van der Waals surface area (Å²) in [4.78, 5) is 23.1. The molecule has 2 heterocycles. The number of imidazole rings is 1. The molecule has 0 saturated carbocycles. The van der Waals surface area contributed by atoms with Crippen LogP contribution >= 0.6 is 23.4 Å². The zero-order valence-electron chi connectivity index (χ0n) is 14.0. The molecule has 7 heteroatoms. The van der Waals surface area contributed by atoms with Gasteiger partial charge in [0.2, 0.25) is 0 Å². The summed E-state index contributed by atoms with van der Waals surface area (Å²) in [6.45, 7) is 0. The summed E-state index contributed by atoms with van der Waals surface area (Å²) in [6.07, 6.45) is 6.43. The van der Waals surface area contributed by atoms with Crippen LogP contribution in [0.15, 0.2) is 60.0 Å². The maximum Gasteiger partial charge on any atom is 0.330 e. The lowest BCUT2D eigenvalue weighted by Crippen LogP contribution is -1.93. The van der Waals surface area contributed by atoms with Crippen LogP contribution in [0.1, 0.15) is 11.3 Å². The Morgan fingerprint density at radius 3 is 2.73 bits per heavy atom.